The molecule has 0 saturated carbocycles. The zero-order valence-electron chi connectivity index (χ0n) is 24.8. The van der Waals surface area contributed by atoms with Crippen molar-refractivity contribution in [2.24, 2.45) is 0 Å². The van der Waals surface area contributed by atoms with E-state index in [4.69, 9.17) is 9.47 Å². The van der Waals surface area contributed by atoms with Gasteiger partial charge in [0.1, 0.15) is 11.2 Å². The number of nitrogens with zero attached hydrogens (tertiary/aromatic N) is 1. The average Bonchev–Trinajstić information content (AvgIpc) is 2.82. The number of ether oxygens (including phenoxy) is 2. The van der Waals surface area contributed by atoms with Gasteiger partial charge in [0.2, 0.25) is 0 Å². The number of aliphatic hydroxyl groups is 1. The third-order valence-corrected chi connectivity index (χ3v) is 5.75. The van der Waals surface area contributed by atoms with Crippen molar-refractivity contribution in [3.05, 3.63) is 71.8 Å². The Morgan fingerprint density at radius 2 is 1.23 bits per heavy atom. The Kier molecular flexibility index (Phi) is 12.1. The molecule has 0 aliphatic heterocycles. The predicted octanol–water partition coefficient (Wildman–Crippen LogP) is 4.12. The van der Waals surface area contributed by atoms with E-state index in [-0.39, 0.29) is 18.9 Å². The summed E-state index contributed by atoms with van der Waals surface area (Å²) in [6, 6.07) is 17.4. The van der Waals surface area contributed by atoms with E-state index in [1.54, 1.807) is 53.5 Å². The summed E-state index contributed by atoms with van der Waals surface area (Å²) in [5, 5.41) is 16.6. The highest BCUT2D eigenvalue weighted by Gasteiger charge is 2.29. The molecule has 0 aliphatic rings. The fourth-order valence-corrected chi connectivity index (χ4v) is 4.04. The number of rotatable bonds is 12. The quantitative estimate of drug-likeness (QED) is 0.361. The van der Waals surface area contributed by atoms with Crippen LogP contribution in [0.25, 0.3) is 0 Å². The number of amides is 2. The number of Topliss-reactive ketones (excluding diaryl/α,β-unsaturated/α-hetero) is 1. The maximum atomic E-state index is 13.4. The number of nitrogens with one attached hydrogen (secondary N) is 2. The second-order valence-corrected chi connectivity index (χ2v) is 12.1. The van der Waals surface area contributed by atoms with Gasteiger partial charge in [-0.25, -0.2) is 9.59 Å². The maximum absolute atomic E-state index is 13.4. The Morgan fingerprint density at radius 1 is 0.775 bits per heavy atom. The molecule has 0 aliphatic carbocycles. The SMILES string of the molecule is CN(CC(=O)[C@H](Cc1ccccc1)NC(=O)OC(C)(C)C)C[C@H](O)[C@H](Cc1ccccc1)NC(=O)OC(C)(C)C. The summed E-state index contributed by atoms with van der Waals surface area (Å²) >= 11 is 0. The van der Waals surface area contributed by atoms with Crippen molar-refractivity contribution < 1.29 is 29.0 Å². The lowest BCUT2D eigenvalue weighted by molar-refractivity contribution is -0.122. The van der Waals surface area contributed by atoms with Crippen LogP contribution in [-0.2, 0) is 27.1 Å². The lowest BCUT2D eigenvalue weighted by atomic mass is 10.00. The van der Waals surface area contributed by atoms with Crippen molar-refractivity contribution in [3.8, 4) is 0 Å². The summed E-state index contributed by atoms with van der Waals surface area (Å²) in [7, 11) is 1.71. The Balaban J connectivity index is 2.10. The van der Waals surface area contributed by atoms with Crippen molar-refractivity contribution in [3.63, 3.8) is 0 Å². The molecule has 0 unspecified atom stereocenters. The van der Waals surface area contributed by atoms with Crippen LogP contribution in [0.15, 0.2) is 60.7 Å². The van der Waals surface area contributed by atoms with E-state index in [0.29, 0.717) is 12.8 Å². The van der Waals surface area contributed by atoms with Gasteiger partial charge in [0, 0.05) is 6.54 Å². The molecule has 0 spiro atoms. The number of carbonyl (C=O) groups is 3. The van der Waals surface area contributed by atoms with E-state index in [1.165, 1.54) is 0 Å². The number of alkyl carbamates (subject to hydrolysis) is 2. The standard InChI is InChI=1S/C31H45N3O6/c1-30(2,3)39-28(37)32-24(18-22-14-10-8-11-15-22)26(35)20-34(7)21-27(36)25(19-23-16-12-9-13-17-23)33-29(38)40-31(4,5)6/h8-17,24-26,35H,18-21H2,1-7H3,(H,32,37)(H,33,38)/t24-,25-,26-/m0/s1. The first-order chi connectivity index (χ1) is 18.6. The predicted molar refractivity (Wildman–Crippen MR) is 155 cm³/mol. The first kappa shape index (κ1) is 32.8. The summed E-state index contributed by atoms with van der Waals surface area (Å²) < 4.78 is 10.8. The number of likely N-dealkylation sites (N-methyl/N-ethyl adjacent to an activating group) is 1. The second-order valence-electron chi connectivity index (χ2n) is 12.1. The third kappa shape index (κ3) is 13.1. The van der Waals surface area contributed by atoms with E-state index < -0.39 is 41.6 Å². The Hall–Kier alpha value is -3.43. The molecule has 0 heterocycles. The van der Waals surface area contributed by atoms with Crippen molar-refractivity contribution in [1.82, 2.24) is 15.5 Å². The molecule has 0 fully saturated rings. The Bertz CT molecular complexity index is 1080. The molecule has 9 nitrogen and oxygen atoms in total. The van der Waals surface area contributed by atoms with Crippen molar-refractivity contribution in [1.29, 1.82) is 0 Å². The fourth-order valence-electron chi connectivity index (χ4n) is 4.04. The molecule has 2 rings (SSSR count). The molecule has 40 heavy (non-hydrogen) atoms. The fraction of sp³-hybridized carbons (Fsp3) is 0.516. The van der Waals surface area contributed by atoms with Crippen LogP contribution in [0.4, 0.5) is 9.59 Å². The molecule has 2 amide bonds. The zero-order chi connectivity index (χ0) is 29.9. The molecule has 0 aromatic heterocycles. The summed E-state index contributed by atoms with van der Waals surface area (Å²) in [6.07, 6.45) is -1.63. The van der Waals surface area contributed by atoms with Crippen LogP contribution in [0, 0.1) is 0 Å². The van der Waals surface area contributed by atoms with Crippen LogP contribution in [0.2, 0.25) is 0 Å². The number of carbonyl (C=O) groups excluding carboxylic acids is 3. The normalized spacial score (nSPS) is 14.1. The minimum atomic E-state index is -1.00. The van der Waals surface area contributed by atoms with Gasteiger partial charge in [0.25, 0.3) is 0 Å². The van der Waals surface area contributed by atoms with Gasteiger partial charge in [-0.2, -0.15) is 0 Å². The van der Waals surface area contributed by atoms with Crippen LogP contribution >= 0.6 is 0 Å². The van der Waals surface area contributed by atoms with Gasteiger partial charge in [0.05, 0.1) is 24.7 Å². The van der Waals surface area contributed by atoms with E-state index in [1.807, 2.05) is 60.7 Å². The molecule has 220 valence electrons. The van der Waals surface area contributed by atoms with Crippen molar-refractivity contribution in [2.75, 3.05) is 20.1 Å². The molecule has 0 bridgehead atoms. The molecular weight excluding hydrogens is 510 g/mol. The van der Waals surface area contributed by atoms with Crippen molar-refractivity contribution in [2.45, 2.75) is 83.8 Å². The smallest absolute Gasteiger partial charge is 0.408 e. The molecule has 3 atom stereocenters. The van der Waals surface area contributed by atoms with Crippen LogP contribution in [0.3, 0.4) is 0 Å². The van der Waals surface area contributed by atoms with E-state index in [9.17, 15) is 19.5 Å². The Labute approximate surface area is 238 Å². The summed E-state index contributed by atoms with van der Waals surface area (Å²) in [5.41, 5.74) is 0.430. The minimum Gasteiger partial charge on any atom is -0.444 e. The number of hydrogen-bond donors (Lipinski definition) is 3. The monoisotopic (exact) mass is 555 g/mol. The molecule has 0 radical (unpaired) electrons. The van der Waals surface area contributed by atoms with E-state index >= 15 is 0 Å². The van der Waals surface area contributed by atoms with Gasteiger partial charge in [-0.3, -0.25) is 9.69 Å². The molecule has 0 saturated heterocycles. The zero-order valence-corrected chi connectivity index (χ0v) is 24.8. The van der Waals surface area contributed by atoms with Crippen LogP contribution < -0.4 is 10.6 Å². The highest BCUT2D eigenvalue weighted by molar-refractivity contribution is 5.89. The number of aliphatic hydroxyl groups excluding tert-OH is 1. The third-order valence-electron chi connectivity index (χ3n) is 5.75. The lowest BCUT2D eigenvalue weighted by Crippen LogP contribution is -2.52. The highest BCUT2D eigenvalue weighted by atomic mass is 16.6. The number of ketones is 1. The molecular formula is C31H45N3O6. The van der Waals surface area contributed by atoms with E-state index in [2.05, 4.69) is 10.6 Å². The summed E-state index contributed by atoms with van der Waals surface area (Å²) in [5.74, 6) is -0.232. The largest absolute Gasteiger partial charge is 0.444 e. The first-order valence-electron chi connectivity index (χ1n) is 13.6. The average molecular weight is 556 g/mol. The molecule has 2 aromatic carbocycles. The summed E-state index contributed by atoms with van der Waals surface area (Å²) in [4.78, 5) is 40.1. The molecule has 3 N–H and O–H groups in total. The molecule has 2 aromatic rings. The van der Waals surface area contributed by atoms with Crippen LogP contribution in [0.1, 0.15) is 52.7 Å². The van der Waals surface area contributed by atoms with Crippen molar-refractivity contribution >= 4 is 18.0 Å². The topological polar surface area (TPSA) is 117 Å². The lowest BCUT2D eigenvalue weighted by Gasteiger charge is -2.30. The summed E-state index contributed by atoms with van der Waals surface area (Å²) in [6.45, 7) is 10.6. The number of hydrogen-bond acceptors (Lipinski definition) is 7. The van der Waals surface area contributed by atoms with Crippen LogP contribution in [0.5, 0.6) is 0 Å². The van der Waals surface area contributed by atoms with E-state index in [0.717, 1.165) is 11.1 Å². The van der Waals surface area contributed by atoms with Gasteiger partial charge >= 0.3 is 12.2 Å². The van der Waals surface area contributed by atoms with Gasteiger partial charge in [-0.05, 0) is 72.6 Å². The molecule has 9 heteroatoms. The maximum Gasteiger partial charge on any atom is 0.408 e. The first-order valence-corrected chi connectivity index (χ1v) is 13.6. The Morgan fingerprint density at radius 3 is 1.70 bits per heavy atom. The second kappa shape index (κ2) is 14.8. The van der Waals surface area contributed by atoms with Gasteiger partial charge in [-0.15, -0.1) is 0 Å². The van der Waals surface area contributed by atoms with Crippen LogP contribution in [-0.4, -0.2) is 77.5 Å². The number of benzene rings is 2. The minimum absolute atomic E-state index is 0.0329. The van der Waals surface area contributed by atoms with Gasteiger partial charge in [0.15, 0.2) is 5.78 Å². The van der Waals surface area contributed by atoms with Gasteiger partial charge < -0.3 is 25.2 Å². The van der Waals surface area contributed by atoms with Gasteiger partial charge in [-0.1, -0.05) is 60.7 Å². The highest BCUT2D eigenvalue weighted by Crippen LogP contribution is 2.12.